The monoisotopic (exact) mass is 306 g/mol. The van der Waals surface area contributed by atoms with Crippen LogP contribution in [-0.2, 0) is 10.0 Å². The summed E-state index contributed by atoms with van der Waals surface area (Å²) >= 11 is 0. The van der Waals surface area contributed by atoms with Crippen LogP contribution < -0.4 is 10.5 Å². The lowest BCUT2D eigenvalue weighted by molar-refractivity contribution is 0.213. The van der Waals surface area contributed by atoms with Gasteiger partial charge < -0.3 is 10.8 Å². The minimum Gasteiger partial charge on any atom is -0.399 e. The SMILES string of the molecule is Nc1cc(F)c(S(=O)(=O)NC2CCCC2CO)c(F)c1. The Balaban J connectivity index is 2.32. The molecule has 0 spiro atoms. The normalized spacial score (nSPS) is 23.1. The molecule has 2 unspecified atom stereocenters. The van der Waals surface area contributed by atoms with Gasteiger partial charge in [-0.05, 0) is 30.9 Å². The van der Waals surface area contributed by atoms with Crippen molar-refractivity contribution in [3.8, 4) is 0 Å². The van der Waals surface area contributed by atoms with E-state index in [2.05, 4.69) is 4.72 Å². The smallest absolute Gasteiger partial charge is 0.246 e. The standard InChI is InChI=1S/C12H16F2N2O3S/c13-9-4-8(15)5-10(14)12(9)20(18,19)16-11-3-1-2-7(11)6-17/h4-5,7,11,16-17H,1-3,6,15H2. The van der Waals surface area contributed by atoms with E-state index in [1.54, 1.807) is 0 Å². The molecular weight excluding hydrogens is 290 g/mol. The Labute approximate surface area is 115 Å². The first-order valence-corrected chi connectivity index (χ1v) is 7.71. The van der Waals surface area contributed by atoms with E-state index < -0.39 is 32.6 Å². The van der Waals surface area contributed by atoms with Crippen LogP contribution in [0.25, 0.3) is 0 Å². The van der Waals surface area contributed by atoms with E-state index in [1.807, 2.05) is 0 Å². The van der Waals surface area contributed by atoms with Crippen molar-refractivity contribution in [3.63, 3.8) is 0 Å². The van der Waals surface area contributed by atoms with Crippen molar-refractivity contribution in [2.45, 2.75) is 30.2 Å². The van der Waals surface area contributed by atoms with Crippen molar-refractivity contribution in [1.82, 2.24) is 4.72 Å². The fraction of sp³-hybridized carbons (Fsp3) is 0.500. The lowest BCUT2D eigenvalue weighted by atomic mass is 10.1. The van der Waals surface area contributed by atoms with Crippen molar-refractivity contribution < 1.29 is 22.3 Å². The maximum absolute atomic E-state index is 13.7. The van der Waals surface area contributed by atoms with Gasteiger partial charge in [0.25, 0.3) is 0 Å². The molecule has 1 aliphatic rings. The number of anilines is 1. The second-order valence-electron chi connectivity index (χ2n) is 4.92. The van der Waals surface area contributed by atoms with Crippen molar-refractivity contribution >= 4 is 15.7 Å². The molecule has 4 N–H and O–H groups in total. The van der Waals surface area contributed by atoms with Crippen molar-refractivity contribution in [1.29, 1.82) is 0 Å². The Morgan fingerprint density at radius 3 is 2.45 bits per heavy atom. The number of hydrogen-bond donors (Lipinski definition) is 3. The quantitative estimate of drug-likeness (QED) is 0.723. The lowest BCUT2D eigenvalue weighted by Crippen LogP contribution is -2.39. The predicted molar refractivity (Wildman–Crippen MR) is 69.3 cm³/mol. The van der Waals surface area contributed by atoms with Crippen LogP contribution in [0.2, 0.25) is 0 Å². The van der Waals surface area contributed by atoms with Gasteiger partial charge in [-0.2, -0.15) is 0 Å². The third kappa shape index (κ3) is 2.92. The summed E-state index contributed by atoms with van der Waals surface area (Å²) in [6.07, 6.45) is 1.96. The van der Waals surface area contributed by atoms with Crippen molar-refractivity contribution in [2.24, 2.45) is 5.92 Å². The van der Waals surface area contributed by atoms with Gasteiger partial charge in [0.1, 0.15) is 11.6 Å². The molecule has 0 saturated heterocycles. The van der Waals surface area contributed by atoms with E-state index in [0.717, 1.165) is 18.6 Å². The van der Waals surface area contributed by atoms with Crippen LogP contribution in [-0.4, -0.2) is 26.2 Å². The van der Waals surface area contributed by atoms with Gasteiger partial charge in [0, 0.05) is 18.3 Å². The fourth-order valence-corrected chi connectivity index (χ4v) is 3.96. The third-order valence-electron chi connectivity index (χ3n) is 3.49. The molecular formula is C12H16F2N2O3S. The molecule has 0 aromatic heterocycles. The maximum Gasteiger partial charge on any atom is 0.246 e. The van der Waals surface area contributed by atoms with E-state index in [-0.39, 0.29) is 18.2 Å². The molecule has 1 fully saturated rings. The number of nitrogen functional groups attached to an aromatic ring is 1. The van der Waals surface area contributed by atoms with Crippen LogP contribution in [0.1, 0.15) is 19.3 Å². The molecule has 0 aliphatic heterocycles. The minimum atomic E-state index is -4.33. The fourth-order valence-electron chi connectivity index (χ4n) is 2.50. The summed E-state index contributed by atoms with van der Waals surface area (Å²) in [5, 5.41) is 9.15. The second-order valence-corrected chi connectivity index (χ2v) is 6.57. The number of nitrogens with one attached hydrogen (secondary N) is 1. The molecule has 1 aromatic carbocycles. The van der Waals surface area contributed by atoms with Gasteiger partial charge in [0.15, 0.2) is 4.90 Å². The van der Waals surface area contributed by atoms with Gasteiger partial charge >= 0.3 is 0 Å². The second kappa shape index (κ2) is 5.63. The Kier molecular flexibility index (Phi) is 4.26. The van der Waals surface area contributed by atoms with Crippen LogP contribution in [0.5, 0.6) is 0 Å². The van der Waals surface area contributed by atoms with Gasteiger partial charge in [-0.3, -0.25) is 0 Å². The van der Waals surface area contributed by atoms with E-state index in [0.29, 0.717) is 12.8 Å². The van der Waals surface area contributed by atoms with Gasteiger partial charge in [0.05, 0.1) is 0 Å². The molecule has 8 heteroatoms. The molecule has 2 atom stereocenters. The third-order valence-corrected chi connectivity index (χ3v) is 5.03. The van der Waals surface area contributed by atoms with Crippen LogP contribution in [0.4, 0.5) is 14.5 Å². The number of aliphatic hydroxyl groups is 1. The topological polar surface area (TPSA) is 92.4 Å². The molecule has 112 valence electrons. The molecule has 5 nitrogen and oxygen atoms in total. The Morgan fingerprint density at radius 1 is 1.30 bits per heavy atom. The van der Waals surface area contributed by atoms with E-state index in [1.165, 1.54) is 0 Å². The Bertz CT molecular complexity index is 584. The van der Waals surface area contributed by atoms with Crippen LogP contribution in [0, 0.1) is 17.6 Å². The van der Waals surface area contributed by atoms with E-state index >= 15 is 0 Å². The van der Waals surface area contributed by atoms with Crippen LogP contribution in [0.15, 0.2) is 17.0 Å². The zero-order valence-electron chi connectivity index (χ0n) is 10.6. The number of sulfonamides is 1. The van der Waals surface area contributed by atoms with Gasteiger partial charge in [0.2, 0.25) is 10.0 Å². The number of hydrogen-bond acceptors (Lipinski definition) is 4. The van der Waals surface area contributed by atoms with E-state index in [4.69, 9.17) is 10.8 Å². The van der Waals surface area contributed by atoms with Crippen LogP contribution in [0.3, 0.4) is 0 Å². The molecule has 0 radical (unpaired) electrons. The molecule has 1 saturated carbocycles. The first-order valence-electron chi connectivity index (χ1n) is 6.23. The summed E-state index contributed by atoms with van der Waals surface area (Å²) in [6.45, 7) is -0.167. The Hall–Kier alpha value is -1.25. The highest BCUT2D eigenvalue weighted by Gasteiger charge is 2.33. The van der Waals surface area contributed by atoms with Gasteiger partial charge in [-0.25, -0.2) is 21.9 Å². The lowest BCUT2D eigenvalue weighted by Gasteiger charge is -2.19. The van der Waals surface area contributed by atoms with Gasteiger partial charge in [-0.15, -0.1) is 0 Å². The van der Waals surface area contributed by atoms with Crippen molar-refractivity contribution in [2.75, 3.05) is 12.3 Å². The molecule has 1 aliphatic carbocycles. The van der Waals surface area contributed by atoms with Gasteiger partial charge in [-0.1, -0.05) is 6.42 Å². The number of halogens is 2. The molecule has 0 heterocycles. The Morgan fingerprint density at radius 2 is 1.90 bits per heavy atom. The molecule has 0 amide bonds. The zero-order chi connectivity index (χ0) is 14.9. The van der Waals surface area contributed by atoms with Crippen molar-refractivity contribution in [3.05, 3.63) is 23.8 Å². The average molecular weight is 306 g/mol. The number of benzene rings is 1. The summed E-state index contributed by atoms with van der Waals surface area (Å²) in [5.74, 6) is -2.69. The maximum atomic E-state index is 13.7. The largest absolute Gasteiger partial charge is 0.399 e. The molecule has 20 heavy (non-hydrogen) atoms. The summed E-state index contributed by atoms with van der Waals surface area (Å²) < 4.78 is 53.8. The minimum absolute atomic E-state index is 0.167. The molecule has 2 rings (SSSR count). The average Bonchev–Trinajstić information content (AvgIpc) is 2.73. The molecule has 0 bridgehead atoms. The first-order chi connectivity index (χ1) is 9.35. The highest BCUT2D eigenvalue weighted by atomic mass is 32.2. The number of rotatable bonds is 4. The van der Waals surface area contributed by atoms with E-state index in [9.17, 15) is 17.2 Å². The zero-order valence-corrected chi connectivity index (χ0v) is 11.5. The predicted octanol–water partition coefficient (Wildman–Crippen LogP) is 0.986. The number of aliphatic hydroxyl groups excluding tert-OH is 1. The first kappa shape index (κ1) is 15.1. The summed E-state index contributed by atoms with van der Waals surface area (Å²) in [6, 6.07) is 1.01. The summed E-state index contributed by atoms with van der Waals surface area (Å²) in [4.78, 5) is -1.03. The molecule has 1 aromatic rings. The highest BCUT2D eigenvalue weighted by Crippen LogP contribution is 2.28. The highest BCUT2D eigenvalue weighted by molar-refractivity contribution is 7.89. The summed E-state index contributed by atoms with van der Waals surface area (Å²) in [7, 11) is -4.33. The van der Waals surface area contributed by atoms with Crippen LogP contribution >= 0.6 is 0 Å². The summed E-state index contributed by atoms with van der Waals surface area (Å²) in [5.41, 5.74) is 5.06. The number of nitrogens with two attached hydrogens (primary N) is 1.